The fraction of sp³-hybridized carbons (Fsp3) is 0.400. The first-order valence-electron chi connectivity index (χ1n) is 4.78. The molecule has 2 heterocycles. The molecular formula is C10H13N3OS. The summed E-state index contributed by atoms with van der Waals surface area (Å²) < 4.78 is 5.42. The second kappa shape index (κ2) is 4.55. The lowest BCUT2D eigenvalue weighted by molar-refractivity contribution is 0.401. The van der Waals surface area contributed by atoms with Crippen LogP contribution in [0.3, 0.4) is 0 Å². The van der Waals surface area contributed by atoms with E-state index in [-0.39, 0.29) is 6.04 Å². The van der Waals surface area contributed by atoms with Gasteiger partial charge in [0.1, 0.15) is 5.76 Å². The smallest absolute Gasteiger partial charge is 0.211 e. The Hall–Kier alpha value is -1.20. The van der Waals surface area contributed by atoms with E-state index < -0.39 is 0 Å². The molecule has 80 valence electrons. The van der Waals surface area contributed by atoms with Gasteiger partial charge in [-0.25, -0.2) is 9.97 Å². The van der Waals surface area contributed by atoms with Crippen molar-refractivity contribution in [2.75, 3.05) is 0 Å². The van der Waals surface area contributed by atoms with Crippen LogP contribution >= 0.6 is 11.3 Å². The molecule has 1 unspecified atom stereocenters. The zero-order valence-electron chi connectivity index (χ0n) is 8.73. The molecule has 0 amide bonds. The van der Waals surface area contributed by atoms with Crippen molar-refractivity contribution in [1.29, 1.82) is 0 Å². The molecule has 5 heteroatoms. The molecule has 0 aliphatic rings. The van der Waals surface area contributed by atoms with E-state index in [2.05, 4.69) is 15.3 Å². The molecule has 0 aliphatic heterocycles. The molecule has 0 aromatic carbocycles. The summed E-state index contributed by atoms with van der Waals surface area (Å²) in [7, 11) is 0. The highest BCUT2D eigenvalue weighted by atomic mass is 32.1. The highest BCUT2D eigenvalue weighted by Crippen LogP contribution is 2.12. The van der Waals surface area contributed by atoms with Gasteiger partial charge in [0, 0.05) is 11.9 Å². The molecule has 0 fully saturated rings. The van der Waals surface area contributed by atoms with E-state index >= 15 is 0 Å². The van der Waals surface area contributed by atoms with E-state index in [1.165, 1.54) is 0 Å². The molecule has 2 rings (SSSR count). The van der Waals surface area contributed by atoms with Crippen LogP contribution in [0.4, 0.5) is 0 Å². The zero-order valence-corrected chi connectivity index (χ0v) is 9.54. The lowest BCUT2D eigenvalue weighted by atomic mass is 10.3. The Labute approximate surface area is 92.4 Å². The van der Waals surface area contributed by atoms with E-state index in [1.807, 2.05) is 24.7 Å². The average Bonchev–Trinajstić information content (AvgIpc) is 2.84. The third-order valence-corrected chi connectivity index (χ3v) is 2.72. The number of hydrogen-bond acceptors (Lipinski definition) is 5. The summed E-state index contributed by atoms with van der Waals surface area (Å²) in [6.07, 6.45) is 1.73. The van der Waals surface area contributed by atoms with Gasteiger partial charge in [-0.1, -0.05) is 0 Å². The number of aryl methyl sites for hydroxylation is 1. The minimum absolute atomic E-state index is 0.111. The molecule has 1 N–H and O–H groups in total. The maximum absolute atomic E-state index is 5.42. The molecule has 0 bridgehead atoms. The third-order valence-electron chi connectivity index (χ3n) is 2.08. The largest absolute Gasteiger partial charge is 0.444 e. The summed E-state index contributed by atoms with van der Waals surface area (Å²) in [5.74, 6) is 1.56. The fourth-order valence-corrected chi connectivity index (χ4v) is 1.80. The van der Waals surface area contributed by atoms with Crippen LogP contribution in [-0.2, 0) is 6.54 Å². The van der Waals surface area contributed by atoms with Crippen LogP contribution in [0.2, 0.25) is 0 Å². The van der Waals surface area contributed by atoms with Crippen LogP contribution in [0.25, 0.3) is 0 Å². The highest BCUT2D eigenvalue weighted by molar-refractivity contribution is 7.07. The van der Waals surface area contributed by atoms with Gasteiger partial charge >= 0.3 is 0 Å². The summed E-state index contributed by atoms with van der Waals surface area (Å²) >= 11 is 1.60. The van der Waals surface area contributed by atoms with Gasteiger partial charge in [0.25, 0.3) is 0 Å². The Balaban J connectivity index is 1.90. The maximum atomic E-state index is 5.42. The van der Waals surface area contributed by atoms with Gasteiger partial charge in [0.2, 0.25) is 5.89 Å². The summed E-state index contributed by atoms with van der Waals surface area (Å²) in [5.41, 5.74) is 2.88. The summed E-state index contributed by atoms with van der Waals surface area (Å²) in [6, 6.07) is 0.111. The normalized spacial score (nSPS) is 12.9. The number of nitrogens with one attached hydrogen (secondary N) is 1. The van der Waals surface area contributed by atoms with E-state index in [0.29, 0.717) is 0 Å². The first-order valence-corrected chi connectivity index (χ1v) is 5.73. The van der Waals surface area contributed by atoms with Crippen molar-refractivity contribution in [2.24, 2.45) is 0 Å². The van der Waals surface area contributed by atoms with Gasteiger partial charge in [0.05, 0.1) is 23.4 Å². The number of rotatable bonds is 4. The number of oxazole rings is 1. The van der Waals surface area contributed by atoms with E-state index in [4.69, 9.17) is 4.42 Å². The monoisotopic (exact) mass is 223 g/mol. The van der Waals surface area contributed by atoms with Gasteiger partial charge in [-0.3, -0.25) is 0 Å². The van der Waals surface area contributed by atoms with Crippen LogP contribution < -0.4 is 5.32 Å². The van der Waals surface area contributed by atoms with Crippen molar-refractivity contribution in [2.45, 2.75) is 26.4 Å². The minimum Gasteiger partial charge on any atom is -0.444 e. The summed E-state index contributed by atoms with van der Waals surface area (Å²) in [6.45, 7) is 4.66. The van der Waals surface area contributed by atoms with Crippen molar-refractivity contribution < 1.29 is 4.42 Å². The van der Waals surface area contributed by atoms with Gasteiger partial charge in [0.15, 0.2) is 0 Å². The van der Waals surface area contributed by atoms with Crippen LogP contribution in [0.1, 0.15) is 30.3 Å². The first kappa shape index (κ1) is 10.3. The lowest BCUT2D eigenvalue weighted by Gasteiger charge is -2.08. The predicted molar refractivity (Wildman–Crippen MR) is 58.6 cm³/mol. The number of aromatic nitrogens is 2. The number of nitrogens with zero attached hydrogens (tertiary/aromatic N) is 2. The first-order chi connectivity index (χ1) is 7.25. The van der Waals surface area contributed by atoms with Crippen LogP contribution in [0.5, 0.6) is 0 Å². The standard InChI is InChI=1S/C10H13N3OS/c1-7-3-12-10(14-7)8(2)11-4-9-5-15-6-13-9/h3,5-6,8,11H,4H2,1-2H3. The molecule has 2 aromatic rings. The van der Waals surface area contributed by atoms with Crippen molar-refractivity contribution in [3.63, 3.8) is 0 Å². The lowest BCUT2D eigenvalue weighted by Crippen LogP contribution is -2.18. The molecule has 0 aliphatic carbocycles. The maximum Gasteiger partial charge on any atom is 0.211 e. The Morgan fingerprint density at radius 2 is 2.40 bits per heavy atom. The molecular weight excluding hydrogens is 210 g/mol. The third kappa shape index (κ3) is 2.64. The highest BCUT2D eigenvalue weighted by Gasteiger charge is 2.10. The quantitative estimate of drug-likeness (QED) is 0.864. The second-order valence-electron chi connectivity index (χ2n) is 3.39. The Morgan fingerprint density at radius 1 is 1.53 bits per heavy atom. The van der Waals surface area contributed by atoms with Crippen LogP contribution in [0.15, 0.2) is 21.5 Å². The Kier molecular flexibility index (Phi) is 3.13. The second-order valence-corrected chi connectivity index (χ2v) is 4.11. The topological polar surface area (TPSA) is 51.0 Å². The summed E-state index contributed by atoms with van der Waals surface area (Å²) in [5, 5.41) is 5.33. The van der Waals surface area contributed by atoms with Crippen LogP contribution in [0, 0.1) is 6.92 Å². The molecule has 0 spiro atoms. The van der Waals surface area contributed by atoms with Gasteiger partial charge in [-0.2, -0.15) is 0 Å². The van der Waals surface area contributed by atoms with Gasteiger partial charge < -0.3 is 9.73 Å². The number of hydrogen-bond donors (Lipinski definition) is 1. The molecule has 2 aromatic heterocycles. The van der Waals surface area contributed by atoms with Gasteiger partial charge in [-0.15, -0.1) is 11.3 Å². The molecule has 1 atom stereocenters. The Bertz CT molecular complexity index is 410. The SMILES string of the molecule is Cc1cnc(C(C)NCc2cscn2)o1. The minimum atomic E-state index is 0.111. The molecule has 0 saturated carbocycles. The van der Waals surface area contributed by atoms with Crippen molar-refractivity contribution >= 4 is 11.3 Å². The predicted octanol–water partition coefficient (Wildman–Crippen LogP) is 2.29. The Morgan fingerprint density at radius 3 is 3.00 bits per heavy atom. The van der Waals surface area contributed by atoms with E-state index in [0.717, 1.165) is 23.9 Å². The number of thiazole rings is 1. The zero-order chi connectivity index (χ0) is 10.7. The van der Waals surface area contributed by atoms with Gasteiger partial charge in [-0.05, 0) is 13.8 Å². The molecule has 15 heavy (non-hydrogen) atoms. The summed E-state index contributed by atoms with van der Waals surface area (Å²) in [4.78, 5) is 8.36. The van der Waals surface area contributed by atoms with Crippen molar-refractivity contribution in [3.05, 3.63) is 34.4 Å². The van der Waals surface area contributed by atoms with Crippen LogP contribution in [-0.4, -0.2) is 9.97 Å². The molecule has 0 radical (unpaired) electrons. The van der Waals surface area contributed by atoms with E-state index in [9.17, 15) is 0 Å². The van der Waals surface area contributed by atoms with Crippen molar-refractivity contribution in [1.82, 2.24) is 15.3 Å². The van der Waals surface area contributed by atoms with E-state index in [1.54, 1.807) is 17.5 Å². The molecule has 4 nitrogen and oxygen atoms in total. The van der Waals surface area contributed by atoms with Crippen molar-refractivity contribution in [3.8, 4) is 0 Å². The average molecular weight is 223 g/mol. The fourth-order valence-electron chi connectivity index (χ4n) is 1.24. The molecule has 0 saturated heterocycles.